The van der Waals surface area contributed by atoms with Crippen molar-refractivity contribution in [2.75, 3.05) is 7.11 Å². The SMILES string of the molecule is COC(=O)CC(NC(=O)c1cc2c(C)nn(C)c2s1)c1ccc(Br)cc1. The lowest BCUT2D eigenvalue weighted by Crippen LogP contribution is -2.30. The maximum absolute atomic E-state index is 12.8. The first-order valence-corrected chi connectivity index (χ1v) is 9.56. The molecule has 3 rings (SSSR count). The number of halogens is 1. The number of hydrogen-bond acceptors (Lipinski definition) is 5. The van der Waals surface area contributed by atoms with Gasteiger partial charge in [-0.1, -0.05) is 28.1 Å². The molecule has 0 saturated carbocycles. The fourth-order valence-electron chi connectivity index (χ4n) is 2.74. The molecule has 0 saturated heterocycles. The van der Waals surface area contributed by atoms with Crippen molar-refractivity contribution in [2.45, 2.75) is 19.4 Å². The fourth-order valence-corrected chi connectivity index (χ4v) is 4.03. The second-order valence-corrected chi connectivity index (χ2v) is 7.84. The van der Waals surface area contributed by atoms with Gasteiger partial charge in [-0.2, -0.15) is 5.10 Å². The van der Waals surface area contributed by atoms with E-state index in [0.717, 1.165) is 25.9 Å². The molecule has 1 amide bonds. The Labute approximate surface area is 163 Å². The highest BCUT2D eigenvalue weighted by Crippen LogP contribution is 2.28. The number of hydrogen-bond donors (Lipinski definition) is 1. The molecule has 0 aliphatic carbocycles. The van der Waals surface area contributed by atoms with E-state index >= 15 is 0 Å². The Kier molecular flexibility index (Phi) is 5.43. The van der Waals surface area contributed by atoms with Crippen LogP contribution in [0, 0.1) is 6.92 Å². The van der Waals surface area contributed by atoms with Crippen molar-refractivity contribution in [1.82, 2.24) is 15.1 Å². The first-order valence-electron chi connectivity index (χ1n) is 7.95. The van der Waals surface area contributed by atoms with Crippen LogP contribution in [0.15, 0.2) is 34.8 Å². The van der Waals surface area contributed by atoms with Gasteiger partial charge in [0.2, 0.25) is 0 Å². The third-order valence-corrected chi connectivity index (χ3v) is 5.83. The maximum Gasteiger partial charge on any atom is 0.307 e. The molecule has 0 aliphatic heterocycles. The number of fused-ring (bicyclic) bond motifs is 1. The predicted octanol–water partition coefficient (Wildman–Crippen LogP) is 3.74. The van der Waals surface area contributed by atoms with Crippen LogP contribution >= 0.6 is 27.3 Å². The summed E-state index contributed by atoms with van der Waals surface area (Å²) in [6.45, 7) is 1.92. The zero-order valence-electron chi connectivity index (χ0n) is 14.6. The first kappa shape index (κ1) is 18.6. The van der Waals surface area contributed by atoms with Crippen LogP contribution in [-0.2, 0) is 16.6 Å². The van der Waals surface area contributed by atoms with Crippen LogP contribution in [-0.4, -0.2) is 28.8 Å². The average Bonchev–Trinajstić information content (AvgIpc) is 3.17. The molecular weight excluding hydrogens is 418 g/mol. The van der Waals surface area contributed by atoms with Gasteiger partial charge in [-0.25, -0.2) is 0 Å². The number of amides is 1. The van der Waals surface area contributed by atoms with Crippen LogP contribution in [0.2, 0.25) is 0 Å². The summed E-state index contributed by atoms with van der Waals surface area (Å²) in [6, 6.07) is 8.87. The molecule has 2 heterocycles. The molecule has 8 heteroatoms. The van der Waals surface area contributed by atoms with E-state index in [1.807, 2.05) is 44.3 Å². The Balaban J connectivity index is 1.86. The number of esters is 1. The molecule has 1 atom stereocenters. The van der Waals surface area contributed by atoms with Gasteiger partial charge in [0, 0.05) is 16.9 Å². The monoisotopic (exact) mass is 435 g/mol. The summed E-state index contributed by atoms with van der Waals surface area (Å²) in [5, 5.41) is 8.27. The standard InChI is InChI=1S/C18H18BrN3O3S/c1-10-13-8-15(26-18(13)22(2)21-10)17(24)20-14(9-16(23)25-3)11-4-6-12(19)7-5-11/h4-8,14H,9H2,1-3H3,(H,20,24). The summed E-state index contributed by atoms with van der Waals surface area (Å²) in [5.41, 5.74) is 1.72. The van der Waals surface area contributed by atoms with Gasteiger partial charge < -0.3 is 10.1 Å². The van der Waals surface area contributed by atoms with Crippen LogP contribution in [0.25, 0.3) is 10.2 Å². The number of aryl methyl sites for hydroxylation is 2. The molecule has 0 aliphatic rings. The summed E-state index contributed by atoms with van der Waals surface area (Å²) >= 11 is 4.77. The van der Waals surface area contributed by atoms with Gasteiger partial charge in [0.05, 0.1) is 30.1 Å². The fraction of sp³-hybridized carbons (Fsp3) is 0.278. The van der Waals surface area contributed by atoms with E-state index in [4.69, 9.17) is 4.74 Å². The van der Waals surface area contributed by atoms with Crippen LogP contribution in [0.1, 0.15) is 33.4 Å². The molecule has 2 aromatic heterocycles. The van der Waals surface area contributed by atoms with Crippen molar-refractivity contribution < 1.29 is 14.3 Å². The minimum atomic E-state index is -0.465. The van der Waals surface area contributed by atoms with Crippen LogP contribution < -0.4 is 5.32 Å². The zero-order valence-corrected chi connectivity index (χ0v) is 17.0. The minimum absolute atomic E-state index is 0.0648. The van der Waals surface area contributed by atoms with Crippen LogP contribution in [0.4, 0.5) is 0 Å². The summed E-state index contributed by atoms with van der Waals surface area (Å²) in [4.78, 5) is 26.1. The lowest BCUT2D eigenvalue weighted by molar-refractivity contribution is -0.141. The van der Waals surface area contributed by atoms with Crippen LogP contribution in [0.5, 0.6) is 0 Å². The van der Waals surface area contributed by atoms with E-state index in [9.17, 15) is 9.59 Å². The van der Waals surface area contributed by atoms with Gasteiger partial charge in [0.1, 0.15) is 4.83 Å². The number of rotatable bonds is 5. The van der Waals surface area contributed by atoms with Crippen molar-refractivity contribution in [3.05, 3.63) is 50.9 Å². The molecule has 26 heavy (non-hydrogen) atoms. The van der Waals surface area contributed by atoms with E-state index in [1.165, 1.54) is 18.4 Å². The molecule has 136 valence electrons. The Morgan fingerprint density at radius 1 is 1.35 bits per heavy atom. The number of ether oxygens (including phenoxy) is 1. The second kappa shape index (κ2) is 7.59. The Morgan fingerprint density at radius 3 is 2.65 bits per heavy atom. The largest absolute Gasteiger partial charge is 0.469 e. The first-order chi connectivity index (χ1) is 12.4. The number of carbonyl (C=O) groups is 2. The molecular formula is C18H18BrN3O3S. The summed E-state index contributed by atoms with van der Waals surface area (Å²) in [5.74, 6) is -0.600. The summed E-state index contributed by atoms with van der Waals surface area (Å²) < 4.78 is 7.47. The molecule has 1 unspecified atom stereocenters. The summed E-state index contributed by atoms with van der Waals surface area (Å²) in [7, 11) is 3.19. The van der Waals surface area contributed by atoms with E-state index in [-0.39, 0.29) is 18.3 Å². The lowest BCUT2D eigenvalue weighted by atomic mass is 10.0. The summed E-state index contributed by atoms with van der Waals surface area (Å²) in [6.07, 6.45) is 0.0648. The Hall–Kier alpha value is -2.19. The smallest absolute Gasteiger partial charge is 0.307 e. The maximum atomic E-state index is 12.8. The molecule has 1 N–H and O–H groups in total. The zero-order chi connectivity index (χ0) is 18.8. The molecule has 0 radical (unpaired) electrons. The Morgan fingerprint density at radius 2 is 2.04 bits per heavy atom. The van der Waals surface area contributed by atoms with Crippen molar-refractivity contribution in [3.8, 4) is 0 Å². The number of methoxy groups -OCH3 is 1. The number of thiophene rings is 1. The molecule has 0 bridgehead atoms. The van der Waals surface area contributed by atoms with Crippen molar-refractivity contribution in [3.63, 3.8) is 0 Å². The number of carbonyl (C=O) groups excluding carboxylic acids is 2. The van der Waals surface area contributed by atoms with Gasteiger partial charge in [-0.05, 0) is 30.7 Å². The third-order valence-electron chi connectivity index (χ3n) is 4.10. The predicted molar refractivity (Wildman–Crippen MR) is 104 cm³/mol. The van der Waals surface area contributed by atoms with Crippen molar-refractivity contribution >= 4 is 49.4 Å². The van der Waals surface area contributed by atoms with Gasteiger partial charge in [0.15, 0.2) is 0 Å². The van der Waals surface area contributed by atoms with Crippen LogP contribution in [0.3, 0.4) is 0 Å². The molecule has 3 aromatic rings. The van der Waals surface area contributed by atoms with E-state index in [2.05, 4.69) is 26.3 Å². The number of benzene rings is 1. The van der Waals surface area contributed by atoms with E-state index in [0.29, 0.717) is 4.88 Å². The number of nitrogens with zero attached hydrogens (tertiary/aromatic N) is 2. The van der Waals surface area contributed by atoms with Gasteiger partial charge in [-0.15, -0.1) is 11.3 Å². The van der Waals surface area contributed by atoms with Crippen molar-refractivity contribution in [2.24, 2.45) is 7.05 Å². The molecule has 6 nitrogen and oxygen atoms in total. The van der Waals surface area contributed by atoms with Crippen molar-refractivity contribution in [1.29, 1.82) is 0 Å². The van der Waals surface area contributed by atoms with E-state index in [1.54, 1.807) is 4.68 Å². The highest BCUT2D eigenvalue weighted by atomic mass is 79.9. The molecule has 1 aromatic carbocycles. The normalized spacial score (nSPS) is 12.2. The van der Waals surface area contributed by atoms with Gasteiger partial charge in [-0.3, -0.25) is 14.3 Å². The highest BCUT2D eigenvalue weighted by molar-refractivity contribution is 9.10. The van der Waals surface area contributed by atoms with Gasteiger partial charge in [0.25, 0.3) is 5.91 Å². The topological polar surface area (TPSA) is 73.2 Å². The minimum Gasteiger partial charge on any atom is -0.469 e. The third kappa shape index (κ3) is 3.81. The van der Waals surface area contributed by atoms with Gasteiger partial charge >= 0.3 is 5.97 Å². The number of aromatic nitrogens is 2. The lowest BCUT2D eigenvalue weighted by Gasteiger charge is -2.18. The second-order valence-electron chi connectivity index (χ2n) is 5.90. The van der Waals surface area contributed by atoms with E-state index < -0.39 is 6.04 Å². The Bertz CT molecular complexity index is 928. The highest BCUT2D eigenvalue weighted by Gasteiger charge is 2.22. The number of nitrogens with one attached hydrogen (secondary N) is 1. The molecule has 0 spiro atoms. The average molecular weight is 436 g/mol. The molecule has 0 fully saturated rings. The quantitative estimate of drug-likeness (QED) is 0.619.